The smallest absolute Gasteiger partial charge is 0.124 e. The minimum absolute atomic E-state index is 0.0616. The van der Waals surface area contributed by atoms with Gasteiger partial charge in [0, 0.05) is 5.02 Å². The number of ether oxygens (including phenoxy) is 1. The van der Waals surface area contributed by atoms with Crippen molar-refractivity contribution in [2.24, 2.45) is 0 Å². The molecule has 2 atom stereocenters. The second-order valence-corrected chi connectivity index (χ2v) is 4.05. The molecule has 0 spiro atoms. The van der Waals surface area contributed by atoms with Crippen LogP contribution in [0.2, 0.25) is 5.02 Å². The molecular weight excluding hydrogens is 200 g/mol. The summed E-state index contributed by atoms with van der Waals surface area (Å²) in [7, 11) is 0. The Morgan fingerprint density at radius 2 is 2.21 bits per heavy atom. The summed E-state index contributed by atoms with van der Waals surface area (Å²) in [5, 5.41) is 10.2. The van der Waals surface area contributed by atoms with Crippen molar-refractivity contribution < 1.29 is 9.84 Å². The van der Waals surface area contributed by atoms with E-state index in [9.17, 15) is 5.11 Å². The molecule has 2 nitrogen and oxygen atoms in total. The summed E-state index contributed by atoms with van der Waals surface area (Å²) >= 11 is 5.82. The predicted octanol–water partition coefficient (Wildman–Crippen LogP) is 2.63. The van der Waals surface area contributed by atoms with Crippen molar-refractivity contribution in [3.05, 3.63) is 29.3 Å². The molecule has 1 aliphatic rings. The minimum Gasteiger partial charge on any atom is -0.488 e. The number of hydrogen-bond acceptors (Lipinski definition) is 2. The molecule has 0 unspecified atom stereocenters. The Labute approximate surface area is 88.5 Å². The molecule has 3 heteroatoms. The van der Waals surface area contributed by atoms with E-state index in [4.69, 9.17) is 16.3 Å². The van der Waals surface area contributed by atoms with Crippen LogP contribution >= 0.6 is 11.6 Å². The van der Waals surface area contributed by atoms with Crippen LogP contribution in [0.15, 0.2) is 24.3 Å². The molecule has 14 heavy (non-hydrogen) atoms. The number of rotatable bonds is 2. The minimum atomic E-state index is -0.325. The van der Waals surface area contributed by atoms with E-state index in [1.165, 1.54) is 0 Å². The molecule has 0 aliphatic heterocycles. The zero-order valence-electron chi connectivity index (χ0n) is 7.82. The van der Waals surface area contributed by atoms with Crippen LogP contribution < -0.4 is 4.74 Å². The van der Waals surface area contributed by atoms with Gasteiger partial charge in [0.05, 0.1) is 6.10 Å². The summed E-state index contributed by atoms with van der Waals surface area (Å²) in [5.41, 5.74) is 0. The van der Waals surface area contributed by atoms with Gasteiger partial charge < -0.3 is 9.84 Å². The van der Waals surface area contributed by atoms with Gasteiger partial charge in [-0.15, -0.1) is 0 Å². The Balaban J connectivity index is 2.03. The van der Waals surface area contributed by atoms with Crippen molar-refractivity contribution in [2.45, 2.75) is 31.5 Å². The lowest BCUT2D eigenvalue weighted by Gasteiger charge is -2.16. The third kappa shape index (κ3) is 2.20. The van der Waals surface area contributed by atoms with Crippen molar-refractivity contribution >= 4 is 11.6 Å². The molecule has 76 valence electrons. The third-order valence-corrected chi connectivity index (χ3v) is 2.74. The van der Waals surface area contributed by atoms with Gasteiger partial charge in [0.15, 0.2) is 0 Å². The maximum atomic E-state index is 9.56. The first kappa shape index (κ1) is 9.81. The van der Waals surface area contributed by atoms with Crippen LogP contribution in [-0.2, 0) is 0 Å². The second kappa shape index (κ2) is 4.20. The Morgan fingerprint density at radius 1 is 1.36 bits per heavy atom. The Hall–Kier alpha value is -0.730. The van der Waals surface area contributed by atoms with E-state index in [0.29, 0.717) is 5.02 Å². The molecule has 1 fully saturated rings. The Morgan fingerprint density at radius 3 is 2.86 bits per heavy atom. The molecule has 1 saturated carbocycles. The Bertz CT molecular complexity index is 314. The third-order valence-electron chi connectivity index (χ3n) is 2.50. The van der Waals surface area contributed by atoms with Crippen LogP contribution in [0.4, 0.5) is 0 Å². The molecule has 0 bridgehead atoms. The highest BCUT2D eigenvalue weighted by Gasteiger charge is 2.26. The number of aliphatic hydroxyl groups excluding tert-OH is 1. The van der Waals surface area contributed by atoms with Gasteiger partial charge in [0.1, 0.15) is 11.9 Å². The van der Waals surface area contributed by atoms with Crippen LogP contribution in [0.1, 0.15) is 19.3 Å². The first-order chi connectivity index (χ1) is 6.75. The van der Waals surface area contributed by atoms with Gasteiger partial charge in [0.2, 0.25) is 0 Å². The van der Waals surface area contributed by atoms with Crippen LogP contribution in [0.5, 0.6) is 5.75 Å². The van der Waals surface area contributed by atoms with Gasteiger partial charge in [-0.25, -0.2) is 0 Å². The summed E-state index contributed by atoms with van der Waals surface area (Å²) < 4.78 is 5.63. The Kier molecular flexibility index (Phi) is 2.94. The fourth-order valence-electron chi connectivity index (χ4n) is 1.76. The largest absolute Gasteiger partial charge is 0.488 e. The molecule has 0 heterocycles. The molecule has 0 aromatic heterocycles. The zero-order chi connectivity index (χ0) is 9.97. The van der Waals surface area contributed by atoms with Gasteiger partial charge in [-0.1, -0.05) is 17.7 Å². The van der Waals surface area contributed by atoms with E-state index in [-0.39, 0.29) is 12.2 Å². The zero-order valence-corrected chi connectivity index (χ0v) is 8.57. The van der Waals surface area contributed by atoms with Gasteiger partial charge in [-0.3, -0.25) is 0 Å². The van der Waals surface area contributed by atoms with E-state index in [1.807, 2.05) is 12.1 Å². The lowest BCUT2D eigenvalue weighted by atomic mass is 10.2. The highest BCUT2D eigenvalue weighted by molar-refractivity contribution is 6.30. The normalized spacial score (nSPS) is 26.4. The number of benzene rings is 1. The number of aliphatic hydroxyl groups is 1. The van der Waals surface area contributed by atoms with Gasteiger partial charge in [-0.2, -0.15) is 0 Å². The average molecular weight is 213 g/mol. The summed E-state index contributed by atoms with van der Waals surface area (Å²) in [6.45, 7) is 0. The van der Waals surface area contributed by atoms with Crippen molar-refractivity contribution in [1.82, 2.24) is 0 Å². The van der Waals surface area contributed by atoms with Crippen LogP contribution in [0, 0.1) is 0 Å². The molecule has 1 aromatic rings. The first-order valence-electron chi connectivity index (χ1n) is 4.86. The van der Waals surface area contributed by atoms with Crippen LogP contribution in [-0.4, -0.2) is 17.3 Å². The SMILES string of the molecule is O[C@H]1CCC[C@@H]1Oc1cccc(Cl)c1. The highest BCUT2D eigenvalue weighted by atomic mass is 35.5. The first-order valence-corrected chi connectivity index (χ1v) is 5.24. The quantitative estimate of drug-likeness (QED) is 0.817. The van der Waals surface area contributed by atoms with E-state index < -0.39 is 0 Å². The summed E-state index contributed by atoms with van der Waals surface area (Å²) in [6.07, 6.45) is 2.41. The van der Waals surface area contributed by atoms with Gasteiger partial charge in [0.25, 0.3) is 0 Å². The van der Waals surface area contributed by atoms with E-state index >= 15 is 0 Å². The summed E-state index contributed by atoms with van der Waals surface area (Å²) in [5.74, 6) is 0.739. The lowest BCUT2D eigenvalue weighted by molar-refractivity contribution is 0.0604. The van der Waals surface area contributed by atoms with Crippen LogP contribution in [0.3, 0.4) is 0 Å². The fourth-order valence-corrected chi connectivity index (χ4v) is 1.94. The predicted molar refractivity (Wildman–Crippen MR) is 55.7 cm³/mol. The average Bonchev–Trinajstić information content (AvgIpc) is 2.52. The van der Waals surface area contributed by atoms with Crippen molar-refractivity contribution in [3.63, 3.8) is 0 Å². The van der Waals surface area contributed by atoms with Gasteiger partial charge >= 0.3 is 0 Å². The fraction of sp³-hybridized carbons (Fsp3) is 0.455. The molecule has 1 aliphatic carbocycles. The highest BCUT2D eigenvalue weighted by Crippen LogP contribution is 2.25. The van der Waals surface area contributed by atoms with E-state index in [1.54, 1.807) is 12.1 Å². The molecule has 0 amide bonds. The summed E-state index contributed by atoms with van der Waals surface area (Å²) in [6, 6.07) is 7.28. The maximum absolute atomic E-state index is 9.56. The maximum Gasteiger partial charge on any atom is 0.124 e. The second-order valence-electron chi connectivity index (χ2n) is 3.61. The molecule has 0 saturated heterocycles. The summed E-state index contributed by atoms with van der Waals surface area (Å²) in [4.78, 5) is 0. The van der Waals surface area contributed by atoms with Crippen molar-refractivity contribution in [2.75, 3.05) is 0 Å². The lowest BCUT2D eigenvalue weighted by Crippen LogP contribution is -2.25. The number of hydrogen-bond donors (Lipinski definition) is 1. The molecule has 1 N–H and O–H groups in total. The van der Waals surface area contributed by atoms with E-state index in [2.05, 4.69) is 0 Å². The topological polar surface area (TPSA) is 29.5 Å². The van der Waals surface area contributed by atoms with Crippen molar-refractivity contribution in [1.29, 1.82) is 0 Å². The van der Waals surface area contributed by atoms with Gasteiger partial charge in [-0.05, 0) is 37.5 Å². The molecule has 0 radical (unpaired) electrons. The standard InChI is InChI=1S/C11H13ClO2/c12-8-3-1-4-9(7-8)14-11-6-2-5-10(11)13/h1,3-4,7,10-11,13H,2,5-6H2/t10-,11-/m0/s1. The van der Waals surface area contributed by atoms with Crippen LogP contribution in [0.25, 0.3) is 0 Å². The molecular formula is C11H13ClO2. The molecule has 2 rings (SSSR count). The van der Waals surface area contributed by atoms with E-state index in [0.717, 1.165) is 25.0 Å². The molecule has 1 aromatic carbocycles. The monoisotopic (exact) mass is 212 g/mol. The number of halogens is 1. The van der Waals surface area contributed by atoms with Crippen molar-refractivity contribution in [3.8, 4) is 5.75 Å².